The smallest absolute Gasteiger partial charge is 0.316 e. The van der Waals surface area contributed by atoms with E-state index in [0.29, 0.717) is 0 Å². The number of hydrogen-bond donors (Lipinski definition) is 0. The topological polar surface area (TPSA) is 0 Å². The van der Waals surface area contributed by atoms with E-state index in [2.05, 4.69) is 0 Å². The molecular formula is H5Cl2CsMg. The molecular weight excluding hydrogens is 228 g/mol. The van der Waals surface area contributed by atoms with Crippen LogP contribution < -0.4 is 0 Å². The third-order valence-electron chi connectivity index (χ3n) is 0. The van der Waals surface area contributed by atoms with Gasteiger partial charge in [0.25, 0.3) is 0 Å². The third kappa shape index (κ3) is 9.04. The van der Waals surface area contributed by atoms with Gasteiger partial charge in [-0.1, -0.05) is 0 Å². The van der Waals surface area contributed by atoms with Crippen molar-refractivity contribution in [1.29, 1.82) is 0 Å². The molecule has 22 valence electrons. The molecule has 0 heterocycles. The van der Waals surface area contributed by atoms with Crippen LogP contribution in [0.2, 0.25) is 0 Å². The van der Waals surface area contributed by atoms with Crippen molar-refractivity contribution in [2.45, 2.75) is 0 Å². The standard InChI is InChI=1S/2ClH.Cs.Mg.3H/h2*1H;;;;;. The molecule has 0 fully saturated rings. The fourth-order valence-electron chi connectivity index (χ4n) is 0. The molecule has 0 N–H and O–H groups in total. The molecule has 4 heavy (non-hydrogen) atoms. The summed E-state index contributed by atoms with van der Waals surface area (Å²) in [6.45, 7) is 0. The maximum absolute atomic E-state index is 0. The van der Waals surface area contributed by atoms with Crippen molar-refractivity contribution in [2.24, 2.45) is 0 Å². The minimum absolute atomic E-state index is 0. The van der Waals surface area contributed by atoms with Crippen molar-refractivity contribution >= 4 is 117 Å². The van der Waals surface area contributed by atoms with E-state index in [4.69, 9.17) is 0 Å². The quantitative estimate of drug-likeness (QED) is 0.484. The Morgan fingerprint density at radius 3 is 0.750 bits per heavy atom. The molecule has 0 aliphatic rings. The van der Waals surface area contributed by atoms with Crippen molar-refractivity contribution in [2.75, 3.05) is 0 Å². The summed E-state index contributed by atoms with van der Waals surface area (Å²) in [7, 11) is 0. The minimum atomic E-state index is 0. The molecule has 0 unspecified atom stereocenters. The molecule has 0 spiro atoms. The van der Waals surface area contributed by atoms with Crippen molar-refractivity contribution in [3.63, 3.8) is 0 Å². The van der Waals surface area contributed by atoms with E-state index in [1.54, 1.807) is 0 Å². The Morgan fingerprint density at radius 1 is 0.750 bits per heavy atom. The molecule has 0 aromatic carbocycles. The van der Waals surface area contributed by atoms with Crippen LogP contribution in [0.3, 0.4) is 0 Å². The Hall–Kier alpha value is 3.40. The SMILES string of the molecule is Cl.Cl.[CsH].[MgH2]. The zero-order valence-corrected chi connectivity index (χ0v) is 2.45. The van der Waals surface area contributed by atoms with Gasteiger partial charge < -0.3 is 0 Å². The van der Waals surface area contributed by atoms with Gasteiger partial charge in [0, 0.05) is 0 Å². The molecule has 0 aromatic heterocycles. The maximum atomic E-state index is 0. The molecule has 0 aromatic rings. The molecule has 0 bridgehead atoms. The van der Waals surface area contributed by atoms with Gasteiger partial charge in [-0.15, -0.1) is 24.8 Å². The van der Waals surface area contributed by atoms with Crippen LogP contribution in [0, 0.1) is 0 Å². The first-order valence-electron chi connectivity index (χ1n) is 0. The van der Waals surface area contributed by atoms with E-state index in [9.17, 15) is 0 Å². The first-order valence-corrected chi connectivity index (χ1v) is 0. The molecule has 0 aliphatic heterocycles. The zero-order chi connectivity index (χ0) is 0. The minimum Gasteiger partial charge on any atom is 0.316 e. The molecule has 0 rings (SSSR count). The van der Waals surface area contributed by atoms with Crippen LogP contribution in [0.5, 0.6) is 0 Å². The van der Waals surface area contributed by atoms with Gasteiger partial charge in [0.1, 0.15) is 0 Å². The summed E-state index contributed by atoms with van der Waals surface area (Å²) in [5, 5.41) is 0. The summed E-state index contributed by atoms with van der Waals surface area (Å²) in [6.07, 6.45) is 0. The van der Waals surface area contributed by atoms with E-state index >= 15 is 0 Å². The number of hydrogen-bond acceptors (Lipinski definition) is 0. The molecule has 0 atom stereocenters. The second-order valence-corrected chi connectivity index (χ2v) is 0. The largest absolute Gasteiger partial charge is 0.316 e. The van der Waals surface area contributed by atoms with Gasteiger partial charge in [0.15, 0.2) is 0 Å². The molecule has 0 radical (unpaired) electrons. The van der Waals surface area contributed by atoms with Crippen molar-refractivity contribution < 1.29 is 0 Å². The van der Waals surface area contributed by atoms with Gasteiger partial charge in [-0.3, -0.25) is 0 Å². The third-order valence-corrected chi connectivity index (χ3v) is 0. The van der Waals surface area contributed by atoms with Gasteiger partial charge in [-0.05, 0) is 0 Å². The predicted molar refractivity (Wildman–Crippen MR) is 30.2 cm³/mol. The Labute approximate surface area is 113 Å². The Balaban J connectivity index is 0. The monoisotopic (exact) mass is 232 g/mol. The van der Waals surface area contributed by atoms with E-state index in [0.717, 1.165) is 0 Å². The van der Waals surface area contributed by atoms with Crippen LogP contribution in [-0.2, 0) is 0 Å². The zero-order valence-electron chi connectivity index (χ0n) is 0.816. The first-order chi connectivity index (χ1) is 0. The summed E-state index contributed by atoms with van der Waals surface area (Å²) in [5.41, 5.74) is 0. The number of halogens is 2. The first kappa shape index (κ1) is 26.2. The van der Waals surface area contributed by atoms with Crippen LogP contribution in [0.1, 0.15) is 0 Å². The fraction of sp³-hybridized carbons (Fsp3) is 0. The number of rotatable bonds is 0. The van der Waals surface area contributed by atoms with Gasteiger partial charge in [-0.25, -0.2) is 0 Å². The second kappa shape index (κ2) is 16.1. The Bertz CT molecular complexity index is 6.00. The summed E-state index contributed by atoms with van der Waals surface area (Å²) < 4.78 is 0. The molecule has 0 nitrogen and oxygen atoms in total. The van der Waals surface area contributed by atoms with E-state index in [1.807, 2.05) is 0 Å². The second-order valence-electron chi connectivity index (χ2n) is 0. The molecule has 4 heteroatoms. The van der Waals surface area contributed by atoms with Crippen molar-refractivity contribution in [3.8, 4) is 0 Å². The van der Waals surface area contributed by atoms with Gasteiger partial charge in [0.05, 0.1) is 0 Å². The molecule has 0 saturated carbocycles. The fourth-order valence-corrected chi connectivity index (χ4v) is 0. The normalized spacial score (nSPS) is 0. The summed E-state index contributed by atoms with van der Waals surface area (Å²) >= 11 is 0. The van der Waals surface area contributed by atoms with Crippen molar-refractivity contribution in [1.82, 2.24) is 0 Å². The molecule has 0 saturated heterocycles. The van der Waals surface area contributed by atoms with Crippen LogP contribution >= 0.6 is 24.8 Å². The summed E-state index contributed by atoms with van der Waals surface area (Å²) in [6, 6.07) is 0. The van der Waals surface area contributed by atoms with E-state index in [-0.39, 0.29) is 117 Å². The Morgan fingerprint density at radius 2 is 0.750 bits per heavy atom. The Kier molecular flexibility index (Phi) is 106. The van der Waals surface area contributed by atoms with E-state index < -0.39 is 0 Å². The van der Waals surface area contributed by atoms with Gasteiger partial charge >= 0.3 is 91.9 Å². The summed E-state index contributed by atoms with van der Waals surface area (Å²) in [5.74, 6) is 0. The average Bonchev–Trinajstić information content (AvgIpc) is 0. The van der Waals surface area contributed by atoms with Gasteiger partial charge in [0.2, 0.25) is 0 Å². The van der Waals surface area contributed by atoms with E-state index in [1.165, 1.54) is 0 Å². The molecule has 0 aliphatic carbocycles. The maximum Gasteiger partial charge on any atom is 0.316 e. The predicted octanol–water partition coefficient (Wildman–Crippen LogP) is -0.721. The van der Waals surface area contributed by atoms with Crippen LogP contribution in [-0.4, -0.2) is 91.9 Å². The van der Waals surface area contributed by atoms with Crippen LogP contribution in [0.4, 0.5) is 0 Å². The van der Waals surface area contributed by atoms with Crippen LogP contribution in [0.25, 0.3) is 0 Å². The van der Waals surface area contributed by atoms with Crippen LogP contribution in [0.15, 0.2) is 0 Å². The summed E-state index contributed by atoms with van der Waals surface area (Å²) in [4.78, 5) is 0. The average molecular weight is 233 g/mol. The van der Waals surface area contributed by atoms with Gasteiger partial charge in [-0.2, -0.15) is 0 Å². The molecule has 0 amide bonds. The van der Waals surface area contributed by atoms with Crippen molar-refractivity contribution in [3.05, 3.63) is 0 Å².